The molecule has 0 spiro atoms. The molecule has 1 saturated heterocycles. The molecule has 19 heavy (non-hydrogen) atoms. The Hall–Kier alpha value is -1.44. The van der Waals surface area contributed by atoms with E-state index in [9.17, 15) is 4.79 Å². The molecule has 3 N–H and O–H groups in total. The van der Waals surface area contributed by atoms with Gasteiger partial charge < -0.3 is 15.8 Å². The molecular weight excluding hydrogens is 246 g/mol. The van der Waals surface area contributed by atoms with Gasteiger partial charge in [-0.2, -0.15) is 5.10 Å². The molecule has 1 aromatic heterocycles. The van der Waals surface area contributed by atoms with Gasteiger partial charge in [-0.3, -0.25) is 14.4 Å². The van der Waals surface area contributed by atoms with Gasteiger partial charge in [-0.1, -0.05) is 0 Å². The summed E-state index contributed by atoms with van der Waals surface area (Å²) in [4.78, 5) is 14.1. The van der Waals surface area contributed by atoms with Crippen molar-refractivity contribution < 1.29 is 9.53 Å². The summed E-state index contributed by atoms with van der Waals surface area (Å²) in [5.74, 6) is -0.166. The summed E-state index contributed by atoms with van der Waals surface area (Å²) in [7, 11) is 1.80. The van der Waals surface area contributed by atoms with Gasteiger partial charge in [0.25, 0.3) is 0 Å². The van der Waals surface area contributed by atoms with Crippen molar-refractivity contribution in [2.45, 2.75) is 6.04 Å². The lowest BCUT2D eigenvalue weighted by Crippen LogP contribution is -2.43. The van der Waals surface area contributed by atoms with Crippen LogP contribution in [-0.4, -0.2) is 60.0 Å². The number of nitrogens with one attached hydrogen (secondary N) is 1. The molecule has 0 radical (unpaired) electrons. The molecule has 0 aromatic carbocycles. The minimum Gasteiger partial charge on any atom is -0.379 e. The van der Waals surface area contributed by atoms with E-state index in [4.69, 9.17) is 10.5 Å². The van der Waals surface area contributed by atoms with Gasteiger partial charge in [-0.25, -0.2) is 0 Å². The Labute approximate surface area is 112 Å². The van der Waals surface area contributed by atoms with Crippen LogP contribution in [0.2, 0.25) is 0 Å². The molecule has 0 saturated carbocycles. The van der Waals surface area contributed by atoms with Crippen LogP contribution in [0.1, 0.15) is 11.6 Å². The van der Waals surface area contributed by atoms with E-state index in [-0.39, 0.29) is 5.91 Å². The minimum absolute atomic E-state index is 0.166. The van der Waals surface area contributed by atoms with E-state index in [1.165, 1.54) is 0 Å². The third-order valence-electron chi connectivity index (χ3n) is 3.20. The van der Waals surface area contributed by atoms with Crippen LogP contribution < -0.4 is 11.1 Å². The number of carbonyl (C=O) groups excluding carboxylic acids is 1. The molecule has 1 aliphatic rings. The Morgan fingerprint density at radius 2 is 2.32 bits per heavy atom. The predicted octanol–water partition coefficient (Wildman–Crippen LogP) is -1.13. The van der Waals surface area contributed by atoms with Gasteiger partial charge in [-0.05, 0) is 0 Å². The van der Waals surface area contributed by atoms with Crippen molar-refractivity contribution in [3.8, 4) is 0 Å². The summed E-state index contributed by atoms with van der Waals surface area (Å²) >= 11 is 0. The largest absolute Gasteiger partial charge is 0.379 e. The fourth-order valence-electron chi connectivity index (χ4n) is 2.02. The van der Waals surface area contributed by atoms with Crippen molar-refractivity contribution in [1.82, 2.24) is 20.0 Å². The van der Waals surface area contributed by atoms with Crippen LogP contribution >= 0.6 is 0 Å². The fourth-order valence-corrected chi connectivity index (χ4v) is 2.02. The van der Waals surface area contributed by atoms with E-state index < -0.39 is 6.04 Å². The Morgan fingerprint density at radius 1 is 1.58 bits per heavy atom. The lowest BCUT2D eigenvalue weighted by atomic mass is 10.1. The lowest BCUT2D eigenvalue weighted by Gasteiger charge is -2.26. The second kappa shape index (κ2) is 6.65. The highest BCUT2D eigenvalue weighted by Gasteiger charge is 2.17. The van der Waals surface area contributed by atoms with Gasteiger partial charge in [-0.15, -0.1) is 0 Å². The Bertz CT molecular complexity index is 414. The van der Waals surface area contributed by atoms with Gasteiger partial charge in [0.15, 0.2) is 0 Å². The maximum atomic E-state index is 11.9. The molecule has 1 aliphatic heterocycles. The van der Waals surface area contributed by atoms with Crippen LogP contribution in [-0.2, 0) is 16.6 Å². The van der Waals surface area contributed by atoms with Gasteiger partial charge in [0.2, 0.25) is 5.91 Å². The second-order valence-electron chi connectivity index (χ2n) is 4.67. The monoisotopic (exact) mass is 267 g/mol. The van der Waals surface area contributed by atoms with Gasteiger partial charge >= 0.3 is 0 Å². The topological polar surface area (TPSA) is 85.4 Å². The molecule has 0 aliphatic carbocycles. The Morgan fingerprint density at radius 3 is 2.95 bits per heavy atom. The van der Waals surface area contributed by atoms with Crippen LogP contribution in [0.5, 0.6) is 0 Å². The smallest absolute Gasteiger partial charge is 0.241 e. The quantitative estimate of drug-likeness (QED) is 0.705. The standard InChI is InChI=1S/C12H21N5O2/c1-16-9-10(8-15-16)11(13)12(18)14-2-3-17-4-6-19-7-5-17/h8-9,11H,2-7,13H2,1H3,(H,14,18). The predicted molar refractivity (Wildman–Crippen MR) is 70.4 cm³/mol. The number of nitrogens with zero attached hydrogens (tertiary/aromatic N) is 3. The zero-order valence-corrected chi connectivity index (χ0v) is 11.2. The molecule has 1 unspecified atom stereocenters. The first kappa shape index (κ1) is 14.0. The molecule has 2 rings (SSSR count). The van der Waals surface area contributed by atoms with Crippen molar-refractivity contribution in [3.05, 3.63) is 18.0 Å². The highest BCUT2D eigenvalue weighted by atomic mass is 16.5. The van der Waals surface area contributed by atoms with Crippen LogP contribution in [0.3, 0.4) is 0 Å². The van der Waals surface area contributed by atoms with Crippen molar-refractivity contribution >= 4 is 5.91 Å². The summed E-state index contributed by atoms with van der Waals surface area (Å²) in [5.41, 5.74) is 6.60. The van der Waals surface area contributed by atoms with Crippen LogP contribution in [0.15, 0.2) is 12.4 Å². The van der Waals surface area contributed by atoms with E-state index in [0.717, 1.165) is 38.4 Å². The first-order valence-electron chi connectivity index (χ1n) is 6.49. The van der Waals surface area contributed by atoms with Crippen molar-refractivity contribution in [2.24, 2.45) is 12.8 Å². The third-order valence-corrected chi connectivity index (χ3v) is 3.20. The number of hydrogen-bond donors (Lipinski definition) is 2. The molecule has 0 bridgehead atoms. The minimum atomic E-state index is -0.654. The number of rotatable bonds is 5. The summed E-state index contributed by atoms with van der Waals surface area (Å²) in [6.45, 7) is 4.81. The average molecular weight is 267 g/mol. The number of aryl methyl sites for hydroxylation is 1. The van der Waals surface area contributed by atoms with Crippen LogP contribution in [0, 0.1) is 0 Å². The second-order valence-corrected chi connectivity index (χ2v) is 4.67. The summed E-state index contributed by atoms with van der Waals surface area (Å²) in [5, 5.41) is 6.86. The van der Waals surface area contributed by atoms with E-state index in [1.54, 1.807) is 24.1 Å². The number of amides is 1. The normalized spacial score (nSPS) is 18.2. The van der Waals surface area contributed by atoms with Gasteiger partial charge in [0.1, 0.15) is 6.04 Å². The molecule has 1 fully saturated rings. The zero-order chi connectivity index (χ0) is 13.7. The summed E-state index contributed by atoms with van der Waals surface area (Å²) in [6, 6.07) is -0.654. The molecule has 1 atom stereocenters. The Kier molecular flexibility index (Phi) is 4.89. The van der Waals surface area contributed by atoms with Crippen LogP contribution in [0.25, 0.3) is 0 Å². The average Bonchev–Trinajstić information content (AvgIpc) is 2.85. The number of hydrogen-bond acceptors (Lipinski definition) is 5. The molecular formula is C12H21N5O2. The third kappa shape index (κ3) is 4.02. The maximum Gasteiger partial charge on any atom is 0.241 e. The molecule has 1 aromatic rings. The molecule has 7 nitrogen and oxygen atoms in total. The SMILES string of the molecule is Cn1cc(C(N)C(=O)NCCN2CCOCC2)cn1. The highest BCUT2D eigenvalue weighted by Crippen LogP contribution is 2.07. The van der Waals surface area contributed by atoms with Gasteiger partial charge in [0, 0.05) is 45.0 Å². The molecule has 7 heteroatoms. The zero-order valence-electron chi connectivity index (χ0n) is 11.2. The maximum absolute atomic E-state index is 11.9. The fraction of sp³-hybridized carbons (Fsp3) is 0.667. The summed E-state index contributed by atoms with van der Waals surface area (Å²) in [6.07, 6.45) is 3.37. The highest BCUT2D eigenvalue weighted by molar-refractivity contribution is 5.82. The van der Waals surface area contributed by atoms with Crippen molar-refractivity contribution in [1.29, 1.82) is 0 Å². The summed E-state index contributed by atoms with van der Waals surface area (Å²) < 4.78 is 6.90. The van der Waals surface area contributed by atoms with E-state index in [1.807, 2.05) is 0 Å². The first-order chi connectivity index (χ1) is 9.16. The first-order valence-corrected chi connectivity index (χ1v) is 6.49. The van der Waals surface area contributed by atoms with Crippen LogP contribution in [0.4, 0.5) is 0 Å². The van der Waals surface area contributed by atoms with Gasteiger partial charge in [0.05, 0.1) is 19.4 Å². The lowest BCUT2D eigenvalue weighted by molar-refractivity contribution is -0.122. The van der Waals surface area contributed by atoms with E-state index in [2.05, 4.69) is 15.3 Å². The molecule has 106 valence electrons. The number of carbonyl (C=O) groups is 1. The molecule has 2 heterocycles. The number of nitrogens with two attached hydrogens (primary N) is 1. The number of aromatic nitrogens is 2. The van der Waals surface area contributed by atoms with Crippen molar-refractivity contribution in [3.63, 3.8) is 0 Å². The number of morpholine rings is 1. The van der Waals surface area contributed by atoms with E-state index in [0.29, 0.717) is 6.54 Å². The van der Waals surface area contributed by atoms with Crippen molar-refractivity contribution in [2.75, 3.05) is 39.4 Å². The Balaban J connectivity index is 1.71. The number of ether oxygens (including phenoxy) is 1. The molecule has 1 amide bonds. The van der Waals surface area contributed by atoms with E-state index >= 15 is 0 Å².